The van der Waals surface area contributed by atoms with Gasteiger partial charge in [0.1, 0.15) is 0 Å². The van der Waals surface area contributed by atoms with Crippen molar-refractivity contribution in [3.05, 3.63) is 23.3 Å². The van der Waals surface area contributed by atoms with Crippen molar-refractivity contribution in [1.29, 1.82) is 0 Å². The van der Waals surface area contributed by atoms with E-state index in [-0.39, 0.29) is 5.41 Å². The van der Waals surface area contributed by atoms with Gasteiger partial charge in [-0.15, -0.1) is 0 Å². The molecule has 0 bridgehead atoms. The van der Waals surface area contributed by atoms with Crippen LogP contribution in [0.15, 0.2) is 12.1 Å². The maximum atomic E-state index is 5.65. The zero-order valence-corrected chi connectivity index (χ0v) is 15.7. The van der Waals surface area contributed by atoms with Crippen molar-refractivity contribution in [2.45, 2.75) is 58.3 Å². The van der Waals surface area contributed by atoms with Crippen LogP contribution in [0.4, 0.5) is 0 Å². The number of methoxy groups -OCH3 is 2. The molecule has 0 spiro atoms. The Balaban J connectivity index is 2.91. The molecule has 1 rings (SSSR count). The van der Waals surface area contributed by atoms with Crippen LogP contribution in [0.5, 0.6) is 11.5 Å². The molecule has 21 heavy (non-hydrogen) atoms. The smallest absolute Gasteiger partial charge is 0.164 e. The highest BCUT2D eigenvalue weighted by Gasteiger charge is 2.23. The number of ether oxygens (including phenoxy) is 2. The molecule has 3 heteroatoms. The topological polar surface area (TPSA) is 18.5 Å². The minimum Gasteiger partial charge on any atom is -0.493 e. The fraction of sp³-hybridized carbons (Fsp3) is 0.667. The van der Waals surface area contributed by atoms with Gasteiger partial charge in [-0.1, -0.05) is 61.7 Å². The number of hydrogen-bond donors (Lipinski definition) is 0. The minimum absolute atomic E-state index is 0.0486. The average Bonchev–Trinajstić information content (AvgIpc) is 2.44. The standard InChI is InChI=1S/C18H29BrO2/c1-18(2,3)15-12-11-14(10-8-6-7-9-13-19)16(20-4)17(15)21-5/h11-12H,6-10,13H2,1-5H3. The van der Waals surface area contributed by atoms with E-state index in [1.54, 1.807) is 14.2 Å². The summed E-state index contributed by atoms with van der Waals surface area (Å²) in [5.74, 6) is 1.80. The highest BCUT2D eigenvalue weighted by molar-refractivity contribution is 9.09. The summed E-state index contributed by atoms with van der Waals surface area (Å²) in [4.78, 5) is 0. The van der Waals surface area contributed by atoms with Crippen LogP contribution in [0.25, 0.3) is 0 Å². The lowest BCUT2D eigenvalue weighted by Gasteiger charge is -2.25. The molecule has 0 radical (unpaired) electrons. The van der Waals surface area contributed by atoms with E-state index >= 15 is 0 Å². The summed E-state index contributed by atoms with van der Waals surface area (Å²) in [6.07, 6.45) is 6.04. The molecule has 0 N–H and O–H groups in total. The van der Waals surface area contributed by atoms with E-state index in [1.807, 2.05) is 0 Å². The summed E-state index contributed by atoms with van der Waals surface area (Å²) in [5.41, 5.74) is 2.50. The first kappa shape index (κ1) is 18.3. The van der Waals surface area contributed by atoms with E-state index in [0.29, 0.717) is 0 Å². The Kier molecular flexibility index (Phi) is 7.58. The fourth-order valence-corrected chi connectivity index (χ4v) is 2.98. The zero-order valence-electron chi connectivity index (χ0n) is 14.1. The van der Waals surface area contributed by atoms with E-state index in [0.717, 1.165) is 23.2 Å². The summed E-state index contributed by atoms with van der Waals surface area (Å²) in [5, 5.41) is 1.10. The third-order valence-corrected chi connectivity index (χ3v) is 4.30. The molecule has 0 fully saturated rings. The fourth-order valence-electron chi connectivity index (χ4n) is 2.58. The number of benzene rings is 1. The van der Waals surface area contributed by atoms with Gasteiger partial charge in [-0.25, -0.2) is 0 Å². The molecular formula is C18H29BrO2. The predicted molar refractivity (Wildman–Crippen MR) is 94.2 cm³/mol. The molecule has 120 valence electrons. The molecule has 0 amide bonds. The molecular weight excluding hydrogens is 328 g/mol. The molecule has 0 aromatic heterocycles. The first-order chi connectivity index (χ1) is 9.95. The van der Waals surface area contributed by atoms with Crippen molar-refractivity contribution in [2.24, 2.45) is 0 Å². The van der Waals surface area contributed by atoms with E-state index in [4.69, 9.17) is 9.47 Å². The van der Waals surface area contributed by atoms with Crippen LogP contribution in [0.3, 0.4) is 0 Å². The Morgan fingerprint density at radius 3 is 2.05 bits per heavy atom. The lowest BCUT2D eigenvalue weighted by atomic mass is 9.85. The number of rotatable bonds is 8. The lowest BCUT2D eigenvalue weighted by molar-refractivity contribution is 0.341. The van der Waals surface area contributed by atoms with Crippen molar-refractivity contribution in [3.8, 4) is 11.5 Å². The minimum atomic E-state index is 0.0486. The molecule has 0 aliphatic rings. The van der Waals surface area contributed by atoms with Gasteiger partial charge in [0, 0.05) is 10.9 Å². The van der Waals surface area contributed by atoms with Gasteiger partial charge < -0.3 is 9.47 Å². The molecule has 1 aromatic rings. The number of alkyl halides is 1. The van der Waals surface area contributed by atoms with Crippen molar-refractivity contribution < 1.29 is 9.47 Å². The number of aryl methyl sites for hydroxylation is 1. The highest BCUT2D eigenvalue weighted by Crippen LogP contribution is 2.41. The van der Waals surface area contributed by atoms with Gasteiger partial charge in [-0.2, -0.15) is 0 Å². The van der Waals surface area contributed by atoms with Crippen LogP contribution in [-0.4, -0.2) is 19.5 Å². The first-order valence-electron chi connectivity index (χ1n) is 7.76. The first-order valence-corrected chi connectivity index (χ1v) is 8.88. The maximum absolute atomic E-state index is 5.65. The Labute approximate surface area is 138 Å². The Bertz CT molecular complexity index is 436. The van der Waals surface area contributed by atoms with Crippen molar-refractivity contribution in [1.82, 2.24) is 0 Å². The molecule has 0 atom stereocenters. The van der Waals surface area contributed by atoms with Gasteiger partial charge in [0.25, 0.3) is 0 Å². The second-order valence-electron chi connectivity index (χ2n) is 6.44. The second-order valence-corrected chi connectivity index (χ2v) is 7.23. The summed E-state index contributed by atoms with van der Waals surface area (Å²) >= 11 is 3.48. The Morgan fingerprint density at radius 2 is 1.52 bits per heavy atom. The van der Waals surface area contributed by atoms with Gasteiger partial charge in [0.15, 0.2) is 11.5 Å². The Morgan fingerprint density at radius 1 is 0.905 bits per heavy atom. The van der Waals surface area contributed by atoms with Crippen LogP contribution in [0, 0.1) is 0 Å². The largest absolute Gasteiger partial charge is 0.493 e. The van der Waals surface area contributed by atoms with Gasteiger partial charge >= 0.3 is 0 Å². The number of unbranched alkanes of at least 4 members (excludes halogenated alkanes) is 3. The predicted octanol–water partition coefficient (Wildman–Crippen LogP) is 5.50. The average molecular weight is 357 g/mol. The zero-order chi connectivity index (χ0) is 15.9. The molecule has 0 unspecified atom stereocenters. The number of halogens is 1. The van der Waals surface area contributed by atoms with Crippen LogP contribution >= 0.6 is 15.9 Å². The molecule has 0 heterocycles. The molecule has 2 nitrogen and oxygen atoms in total. The van der Waals surface area contributed by atoms with Gasteiger partial charge in [0.05, 0.1) is 14.2 Å². The van der Waals surface area contributed by atoms with E-state index in [1.165, 1.54) is 36.8 Å². The third kappa shape index (κ3) is 5.21. The summed E-state index contributed by atoms with van der Waals surface area (Å²) in [6.45, 7) is 6.60. The molecule has 0 saturated carbocycles. The second kappa shape index (κ2) is 8.67. The van der Waals surface area contributed by atoms with Gasteiger partial charge in [-0.3, -0.25) is 0 Å². The molecule has 0 aliphatic heterocycles. The lowest BCUT2D eigenvalue weighted by Crippen LogP contribution is -2.14. The maximum Gasteiger partial charge on any atom is 0.164 e. The Hall–Kier alpha value is -0.700. The summed E-state index contributed by atoms with van der Waals surface area (Å²) < 4.78 is 11.3. The van der Waals surface area contributed by atoms with Crippen molar-refractivity contribution in [3.63, 3.8) is 0 Å². The highest BCUT2D eigenvalue weighted by atomic mass is 79.9. The van der Waals surface area contributed by atoms with Crippen LogP contribution in [0.1, 0.15) is 57.6 Å². The van der Waals surface area contributed by atoms with E-state index in [9.17, 15) is 0 Å². The van der Waals surface area contributed by atoms with Crippen LogP contribution in [-0.2, 0) is 11.8 Å². The van der Waals surface area contributed by atoms with Gasteiger partial charge in [-0.05, 0) is 30.2 Å². The number of hydrogen-bond acceptors (Lipinski definition) is 2. The molecule has 0 saturated heterocycles. The van der Waals surface area contributed by atoms with E-state index < -0.39 is 0 Å². The van der Waals surface area contributed by atoms with Crippen LogP contribution < -0.4 is 9.47 Å². The third-order valence-electron chi connectivity index (χ3n) is 3.74. The van der Waals surface area contributed by atoms with Crippen molar-refractivity contribution >= 4 is 15.9 Å². The quantitative estimate of drug-likeness (QED) is 0.452. The van der Waals surface area contributed by atoms with E-state index in [2.05, 4.69) is 48.8 Å². The molecule has 1 aromatic carbocycles. The van der Waals surface area contributed by atoms with Crippen molar-refractivity contribution in [2.75, 3.05) is 19.5 Å². The monoisotopic (exact) mass is 356 g/mol. The molecule has 0 aliphatic carbocycles. The summed E-state index contributed by atoms with van der Waals surface area (Å²) in [6, 6.07) is 4.39. The van der Waals surface area contributed by atoms with Gasteiger partial charge in [0.2, 0.25) is 0 Å². The SMILES string of the molecule is COc1c(CCCCCCBr)ccc(C(C)(C)C)c1OC. The summed E-state index contributed by atoms with van der Waals surface area (Å²) in [7, 11) is 3.46. The van der Waals surface area contributed by atoms with Crippen LogP contribution in [0.2, 0.25) is 0 Å². The normalized spacial score (nSPS) is 11.5.